The van der Waals surface area contributed by atoms with Gasteiger partial charge in [0.2, 0.25) is 59.1 Å². The number of para-hydroxylation sites is 1. The molecule has 2 aromatic rings. The summed E-state index contributed by atoms with van der Waals surface area (Å²) in [7, 11) is 0. The largest absolute Gasteiger partial charge is 0.481 e. The number of hydrogen-bond donors (Lipinski definition) is 16. The number of nitrogens with one attached hydrogen (secondary N) is 11. The van der Waals surface area contributed by atoms with E-state index in [4.69, 9.17) is 17.2 Å². The number of nitrogens with zero attached hydrogens (tertiary/aromatic N) is 1. The van der Waals surface area contributed by atoms with Gasteiger partial charge in [-0.1, -0.05) is 59.7 Å². The number of aliphatic carboxylic acids is 2. The first-order valence-corrected chi connectivity index (χ1v) is 27.1. The number of nitrogens with two attached hydrogens (primary N) is 3. The Hall–Kier alpha value is -8.37. The van der Waals surface area contributed by atoms with Crippen molar-refractivity contribution in [1.29, 1.82) is 0 Å². The molecule has 0 radical (unpaired) electrons. The molecule has 10 amide bonds. The second kappa shape index (κ2) is 34.0. The van der Waals surface area contributed by atoms with Crippen molar-refractivity contribution in [2.24, 2.45) is 39.9 Å². The monoisotopic (exact) mass is 1160 g/mol. The van der Waals surface area contributed by atoms with Gasteiger partial charge in [0.05, 0.1) is 19.0 Å². The van der Waals surface area contributed by atoms with Gasteiger partial charge < -0.3 is 85.6 Å². The predicted molar refractivity (Wildman–Crippen MR) is 301 cm³/mol. The molecule has 0 aliphatic heterocycles. The number of aliphatic imine (C=N–C) groups is 1. The number of aromatic nitrogens is 1. The number of carboxylic acids is 2. The third-order valence-electron chi connectivity index (χ3n) is 12.5. The second-order valence-corrected chi connectivity index (χ2v) is 21.4. The van der Waals surface area contributed by atoms with Gasteiger partial charge in [-0.25, -0.2) is 0 Å². The number of rotatable bonds is 35. The van der Waals surface area contributed by atoms with E-state index in [2.05, 4.69) is 63.1 Å². The first-order valence-electron chi connectivity index (χ1n) is 27.1. The molecular weight excluding hydrogens is 1070 g/mol. The van der Waals surface area contributed by atoms with Crippen LogP contribution in [-0.2, 0) is 64.0 Å². The van der Waals surface area contributed by atoms with Crippen molar-refractivity contribution >= 4 is 87.9 Å². The van der Waals surface area contributed by atoms with Crippen LogP contribution in [0.4, 0.5) is 0 Å². The molecule has 456 valence electrons. The molecule has 0 saturated heterocycles. The zero-order valence-corrected chi connectivity index (χ0v) is 48.2. The van der Waals surface area contributed by atoms with E-state index < -0.39 is 144 Å². The quantitative estimate of drug-likeness (QED) is 0.0190. The smallest absolute Gasteiger partial charge is 0.325 e. The minimum Gasteiger partial charge on any atom is -0.481 e. The van der Waals surface area contributed by atoms with Crippen LogP contribution in [0.1, 0.15) is 113 Å². The molecule has 82 heavy (non-hydrogen) atoms. The highest BCUT2D eigenvalue weighted by Crippen LogP contribution is 2.19. The zero-order chi connectivity index (χ0) is 62.1. The summed E-state index contributed by atoms with van der Waals surface area (Å²) in [5, 5.41) is 44.4. The predicted octanol–water partition coefficient (Wildman–Crippen LogP) is -2.65. The summed E-state index contributed by atoms with van der Waals surface area (Å²) < 4.78 is 0. The summed E-state index contributed by atoms with van der Waals surface area (Å²) in [5.41, 5.74) is 18.8. The van der Waals surface area contributed by atoms with Crippen LogP contribution >= 0.6 is 0 Å². The molecule has 29 heteroatoms. The maximum Gasteiger partial charge on any atom is 0.325 e. The van der Waals surface area contributed by atoms with E-state index in [0.29, 0.717) is 0 Å². The molecule has 0 aliphatic rings. The van der Waals surface area contributed by atoms with Crippen molar-refractivity contribution in [2.45, 2.75) is 175 Å². The highest BCUT2D eigenvalue weighted by molar-refractivity contribution is 5.99. The van der Waals surface area contributed by atoms with Crippen molar-refractivity contribution < 1.29 is 67.7 Å². The van der Waals surface area contributed by atoms with Gasteiger partial charge in [0, 0.05) is 23.6 Å². The first-order chi connectivity index (χ1) is 38.3. The number of hydrogen-bond acceptors (Lipinski definition) is 14. The Kier molecular flexibility index (Phi) is 28.9. The van der Waals surface area contributed by atoms with Gasteiger partial charge in [0.15, 0.2) is 5.96 Å². The summed E-state index contributed by atoms with van der Waals surface area (Å²) in [5.74, 6) is -12.1. The van der Waals surface area contributed by atoms with E-state index >= 15 is 0 Å². The standard InChI is InChI=1S/C53H85N15O14/c1-25(2)18-37(66-44(73)29(8)61-46(75)34(54)21-32-23-58-35-15-12-11-14-33(32)35)48(77)62-30(9)45(74)67-39(20-27(5)6)50(79)68-40(22-42(70)71)51(80)64-36(16-13-17-57-53(55)56)47(76)59-24-41(69)60-28(7)43(72)65-38(19-26(3)4)49(78)63-31(10)52(81)82/h11-12,14-15,23,25-31,34,36-40,58H,13,16-22,24,54H2,1-10H3,(H,59,76)(H,60,69)(H,61,75)(H,62,77)(H,63,78)(H,64,80)(H,65,72)(H,66,73)(H,67,74)(H,68,79)(H,70,71)(H,81,82)(H4,55,56,57)/t28-,29-,30-,31-,34-,36-,37-,38-,39-,40-/m0/s1. The number of guanidine groups is 1. The van der Waals surface area contributed by atoms with E-state index in [0.717, 1.165) is 16.5 Å². The van der Waals surface area contributed by atoms with Crippen LogP contribution in [0.2, 0.25) is 0 Å². The number of carboxylic acid groups (broad SMARTS) is 2. The van der Waals surface area contributed by atoms with Crippen molar-refractivity contribution in [3.05, 3.63) is 36.0 Å². The van der Waals surface area contributed by atoms with Gasteiger partial charge in [0.1, 0.15) is 54.4 Å². The molecule has 0 unspecified atom stereocenters. The summed E-state index contributed by atoms with van der Waals surface area (Å²) in [6.45, 7) is 15.1. The Morgan fingerprint density at radius 1 is 0.524 bits per heavy atom. The summed E-state index contributed by atoms with van der Waals surface area (Å²) in [4.78, 5) is 164. The van der Waals surface area contributed by atoms with Gasteiger partial charge in [0.25, 0.3) is 0 Å². The van der Waals surface area contributed by atoms with E-state index in [1.807, 2.05) is 24.3 Å². The van der Waals surface area contributed by atoms with Crippen LogP contribution in [0, 0.1) is 17.8 Å². The second-order valence-electron chi connectivity index (χ2n) is 21.4. The maximum atomic E-state index is 13.9. The van der Waals surface area contributed by atoms with Gasteiger partial charge in [-0.15, -0.1) is 0 Å². The fourth-order valence-electron chi connectivity index (χ4n) is 8.12. The number of amides is 10. The van der Waals surface area contributed by atoms with Crippen LogP contribution < -0.4 is 70.4 Å². The molecule has 29 nitrogen and oxygen atoms in total. The van der Waals surface area contributed by atoms with Gasteiger partial charge in [-0.05, 0) is 95.6 Å². The van der Waals surface area contributed by atoms with E-state index in [-0.39, 0.29) is 68.8 Å². The zero-order valence-electron chi connectivity index (χ0n) is 48.2. The molecule has 0 bridgehead atoms. The Morgan fingerprint density at radius 3 is 1.43 bits per heavy atom. The van der Waals surface area contributed by atoms with E-state index in [9.17, 15) is 67.7 Å². The molecule has 0 saturated carbocycles. The fourth-order valence-corrected chi connectivity index (χ4v) is 8.12. The molecule has 0 fully saturated rings. The number of H-pyrrole nitrogens is 1. The fraction of sp³-hybridized carbons (Fsp3) is 0.604. The lowest BCUT2D eigenvalue weighted by atomic mass is 10.0. The number of carbonyl (C=O) groups excluding carboxylic acids is 10. The molecule has 1 heterocycles. The summed E-state index contributed by atoms with van der Waals surface area (Å²) in [6.07, 6.45) is 1.02. The van der Waals surface area contributed by atoms with E-state index in [1.165, 1.54) is 27.7 Å². The maximum absolute atomic E-state index is 13.9. The summed E-state index contributed by atoms with van der Waals surface area (Å²) in [6, 6.07) is -5.56. The first kappa shape index (κ1) is 69.7. The molecule has 19 N–H and O–H groups in total. The van der Waals surface area contributed by atoms with Crippen molar-refractivity contribution in [3.63, 3.8) is 0 Å². The lowest BCUT2D eigenvalue weighted by Crippen LogP contribution is -2.60. The van der Waals surface area contributed by atoms with Crippen LogP contribution in [0.25, 0.3) is 10.9 Å². The number of fused-ring (bicyclic) bond motifs is 1. The minimum absolute atomic E-state index is 0.0273. The third kappa shape index (κ3) is 25.0. The topological polar surface area (TPSA) is 472 Å². The minimum atomic E-state index is -1.85. The molecule has 1 aromatic heterocycles. The van der Waals surface area contributed by atoms with Crippen molar-refractivity contribution in [3.8, 4) is 0 Å². The Morgan fingerprint density at radius 2 is 0.951 bits per heavy atom. The molecule has 10 atom stereocenters. The highest BCUT2D eigenvalue weighted by atomic mass is 16.4. The molecule has 1 aromatic carbocycles. The average Bonchev–Trinajstić information content (AvgIpc) is 3.92. The van der Waals surface area contributed by atoms with Crippen LogP contribution in [0.3, 0.4) is 0 Å². The molecule has 2 rings (SSSR count). The van der Waals surface area contributed by atoms with Gasteiger partial charge in [-0.2, -0.15) is 0 Å². The molecule has 0 spiro atoms. The van der Waals surface area contributed by atoms with Crippen LogP contribution in [0.15, 0.2) is 35.5 Å². The average molecular weight is 1160 g/mol. The van der Waals surface area contributed by atoms with Crippen LogP contribution in [0.5, 0.6) is 0 Å². The highest BCUT2D eigenvalue weighted by Gasteiger charge is 2.34. The number of carbonyl (C=O) groups is 12. The Balaban J connectivity index is 2.17. The van der Waals surface area contributed by atoms with Crippen LogP contribution in [-0.4, -0.2) is 166 Å². The van der Waals surface area contributed by atoms with Crippen molar-refractivity contribution in [1.82, 2.24) is 58.2 Å². The molecule has 0 aliphatic carbocycles. The third-order valence-corrected chi connectivity index (χ3v) is 12.5. The van der Waals surface area contributed by atoms with Gasteiger partial charge in [-0.3, -0.25) is 62.5 Å². The SMILES string of the molecule is CC(C)C[C@H](NC(=O)[C@H](C)NC(=O)CNC(=O)[C@H](CCCN=C(N)N)NC(=O)[C@H](CC(=O)O)NC(=O)[C@H](CC(C)C)NC(=O)[C@H](C)NC(=O)[C@H](CC(C)C)NC(=O)[C@H](C)NC(=O)[C@@H](N)Cc1c[nH]c2ccccc12)C(=O)N[C@@H](C)C(=O)O. The number of benzene rings is 1. The van der Waals surface area contributed by atoms with Crippen molar-refractivity contribution in [2.75, 3.05) is 13.1 Å². The number of aromatic amines is 1. The summed E-state index contributed by atoms with van der Waals surface area (Å²) >= 11 is 0. The van der Waals surface area contributed by atoms with Gasteiger partial charge >= 0.3 is 11.9 Å². The lowest BCUT2D eigenvalue weighted by Gasteiger charge is -2.27. The Labute approximate surface area is 476 Å². The van der Waals surface area contributed by atoms with E-state index in [1.54, 1.807) is 47.7 Å². The molecular formula is C53H85N15O14. The normalized spacial score (nSPS) is 14.9. The Bertz CT molecular complexity index is 2600. The lowest BCUT2D eigenvalue weighted by molar-refractivity contribution is -0.142.